The highest BCUT2D eigenvalue weighted by Crippen LogP contribution is 2.39. The van der Waals surface area contributed by atoms with E-state index in [1.165, 1.54) is 0 Å². The lowest BCUT2D eigenvalue weighted by molar-refractivity contribution is -0.378. The van der Waals surface area contributed by atoms with Gasteiger partial charge >= 0.3 is 11.9 Å². The van der Waals surface area contributed by atoms with E-state index in [1.807, 2.05) is 0 Å². The monoisotopic (exact) mass is 1370 g/mol. The number of aliphatic hydroxyl groups is 18. The largest absolute Gasteiger partial charge is 0.477 e. The molecule has 0 bridgehead atoms. The van der Waals surface area contributed by atoms with Gasteiger partial charge in [-0.2, -0.15) is 0 Å². The first-order chi connectivity index (χ1) is 44.0. The Morgan fingerprint density at radius 1 is 0.479 bits per heavy atom. The molecular formula is C52H87N5O37. The summed E-state index contributed by atoms with van der Waals surface area (Å²) in [5, 5.41) is 229. The molecule has 5 heterocycles. The number of ether oxygens (including phenoxy) is 10. The van der Waals surface area contributed by atoms with Crippen LogP contribution in [0.5, 0.6) is 0 Å². The number of nitrogens with one attached hydrogen (secondary N) is 5. The summed E-state index contributed by atoms with van der Waals surface area (Å²) in [6.45, 7) is -3.81. The zero-order valence-corrected chi connectivity index (χ0v) is 51.0. The summed E-state index contributed by atoms with van der Waals surface area (Å²) in [5.41, 5.74) is 0. The van der Waals surface area contributed by atoms with Gasteiger partial charge in [0.1, 0.15) is 128 Å². The number of hydrogen-bond acceptors (Lipinski definition) is 35. The number of aliphatic carboxylic acids is 2. The fraction of sp³-hybridized carbons (Fsp3) is 0.865. The first-order valence-electron chi connectivity index (χ1n) is 29.2. The summed E-state index contributed by atoms with van der Waals surface area (Å²) in [6, 6.07) is -9.11. The highest BCUT2D eigenvalue weighted by molar-refractivity contribution is 5.78. The third-order valence-corrected chi connectivity index (χ3v) is 16.0. The quantitative estimate of drug-likeness (QED) is 0.0306. The van der Waals surface area contributed by atoms with E-state index >= 15 is 0 Å². The molecule has 0 spiro atoms. The molecule has 0 aromatic rings. The van der Waals surface area contributed by atoms with Crippen LogP contribution in [0.4, 0.5) is 0 Å². The van der Waals surface area contributed by atoms with Crippen molar-refractivity contribution in [3.8, 4) is 0 Å². The maximum Gasteiger partial charge on any atom is 0.364 e. The molecule has 42 heteroatoms. The zero-order valence-electron chi connectivity index (χ0n) is 51.0. The van der Waals surface area contributed by atoms with Crippen molar-refractivity contribution in [2.75, 3.05) is 46.2 Å². The summed E-state index contributed by atoms with van der Waals surface area (Å²) in [7, 11) is 0. The number of carboxylic acids is 2. The Hall–Kier alpha value is -4.83. The van der Waals surface area contributed by atoms with Crippen molar-refractivity contribution in [3.63, 3.8) is 0 Å². The topological polar surface area (TPSA) is 677 Å². The van der Waals surface area contributed by atoms with E-state index < -0.39 is 289 Å². The number of hydrogen-bond donors (Lipinski definition) is 25. The van der Waals surface area contributed by atoms with Crippen LogP contribution in [0.2, 0.25) is 0 Å². The van der Waals surface area contributed by atoms with Gasteiger partial charge < -0.3 is 176 Å². The molecule has 5 aliphatic rings. The molecule has 42 nitrogen and oxygen atoms in total. The number of aliphatic hydroxyl groups excluding tert-OH is 18. The predicted molar refractivity (Wildman–Crippen MR) is 294 cm³/mol. The lowest BCUT2D eigenvalue weighted by Gasteiger charge is -2.50. The second-order valence-corrected chi connectivity index (χ2v) is 23.1. The standard InChI is InChI=1S/C52H87N5O37/c1-15(63)53-20(8-58)41(35(75)25(72)13-85-51(49(81)82)6-21(68)29(54-16(2)64)43(93-51)33(73)23(70)9-59)90-47-32(57-19(5)67)39(79)42(27(12-62)88-47)91-48-40(80)45(92-46-31(56-18(4)66)38(78)36(76)26(11-61)87-46)37(77)28(89-48)14-86-52(50(83)84)7-22(69)30(55-17(3)65)44(94-52)34(74)24(71)10-60/h20-48,58-62,68-80H,6-14H2,1-5H3,(H,53,63)(H,54,64)(H,55,65)(H,56,66)(H,57,67)(H,81,82)(H,83,84)/t20-,21-,22-,23+,24+,25+,26+,27+,28+,29+,30+,31+,32+,33+,34+,35-,36+,37-,38+,39+,40+,41+,42+,43+,44+,45-,46-,47-,48-,51+,52+/m0/s1. The van der Waals surface area contributed by atoms with Gasteiger partial charge in [-0.3, -0.25) is 24.0 Å². The average molecular weight is 1370 g/mol. The van der Waals surface area contributed by atoms with Gasteiger partial charge in [0.25, 0.3) is 11.6 Å². The number of rotatable bonds is 31. The van der Waals surface area contributed by atoms with Crippen molar-refractivity contribution in [2.45, 2.75) is 236 Å². The number of amides is 5. The van der Waals surface area contributed by atoms with E-state index in [0.29, 0.717) is 0 Å². The Bertz CT molecular complexity index is 2520. The third kappa shape index (κ3) is 18.9. The number of carboxylic acid groups (broad SMARTS) is 2. The van der Waals surface area contributed by atoms with E-state index in [2.05, 4.69) is 26.6 Å². The molecule has 0 aromatic heterocycles. The molecule has 0 aromatic carbocycles. The Morgan fingerprint density at radius 3 is 1.35 bits per heavy atom. The van der Waals surface area contributed by atoms with Crippen LogP contribution in [0.25, 0.3) is 0 Å². The molecule has 5 saturated heterocycles. The van der Waals surface area contributed by atoms with Crippen molar-refractivity contribution in [1.29, 1.82) is 0 Å². The molecule has 0 radical (unpaired) electrons. The van der Waals surface area contributed by atoms with E-state index in [9.17, 15) is 136 Å². The molecule has 0 saturated carbocycles. The average Bonchev–Trinajstić information content (AvgIpc) is 0.780. The zero-order chi connectivity index (χ0) is 70.8. The Kier molecular flexibility index (Phi) is 29.4. The van der Waals surface area contributed by atoms with E-state index in [0.717, 1.165) is 34.6 Å². The molecule has 0 aliphatic carbocycles. The molecule has 542 valence electrons. The van der Waals surface area contributed by atoms with Gasteiger partial charge in [-0.25, -0.2) is 9.59 Å². The van der Waals surface area contributed by atoms with Crippen LogP contribution in [0.15, 0.2) is 0 Å². The van der Waals surface area contributed by atoms with Crippen molar-refractivity contribution in [1.82, 2.24) is 26.6 Å². The van der Waals surface area contributed by atoms with Crippen LogP contribution in [-0.2, 0) is 80.9 Å². The van der Waals surface area contributed by atoms with Crippen molar-refractivity contribution in [2.24, 2.45) is 0 Å². The van der Waals surface area contributed by atoms with Gasteiger partial charge in [-0.05, 0) is 0 Å². The van der Waals surface area contributed by atoms with Crippen molar-refractivity contribution < 1.29 is 183 Å². The minimum Gasteiger partial charge on any atom is -0.477 e. The van der Waals surface area contributed by atoms with Gasteiger partial charge in [-0.1, -0.05) is 0 Å². The minimum atomic E-state index is -3.16. The van der Waals surface area contributed by atoms with Gasteiger partial charge in [0.05, 0.1) is 76.6 Å². The summed E-state index contributed by atoms with van der Waals surface area (Å²) >= 11 is 0. The number of carbonyl (C=O) groups excluding carboxylic acids is 5. The smallest absolute Gasteiger partial charge is 0.364 e. The first-order valence-corrected chi connectivity index (χ1v) is 29.2. The minimum absolute atomic E-state index is 0.841. The normalized spacial score (nSPS) is 38.8. The molecule has 31 atom stereocenters. The highest BCUT2D eigenvalue weighted by atomic mass is 16.8. The van der Waals surface area contributed by atoms with Crippen LogP contribution >= 0.6 is 0 Å². The van der Waals surface area contributed by atoms with Gasteiger partial charge in [-0.15, -0.1) is 0 Å². The molecular weight excluding hydrogens is 1290 g/mol. The lowest BCUT2D eigenvalue weighted by atomic mass is 9.88. The molecule has 94 heavy (non-hydrogen) atoms. The SMILES string of the molecule is CC(=O)N[C@H]1[C@H](O[C@@H]([C@@H](O)[C@H](O)CO[C@]2(C(=O)O)C[C@H](O)[C@@H](NC(C)=O)[C@H]([C@H](O)[C@H](O)CO)O2)[C@H](CO)NC(C)=O)O[C@H](CO)[C@@H](O[C@@H]2O[C@H](CO[C@]3(C(=O)O)C[C@H](O)[C@@H](NC(C)=O)[C@H]([C@H](O)[C@H](O)CO)O3)[C@H](O)[C@H](O[C@@H]3O[C@H](CO)[C@@H](O)[C@H](O)[C@H]3NC(C)=O)[C@H]2O)[C@@H]1O. The van der Waals surface area contributed by atoms with Gasteiger partial charge in [0, 0.05) is 47.5 Å². The molecule has 5 rings (SSSR count). The van der Waals surface area contributed by atoms with Crippen LogP contribution in [0.1, 0.15) is 47.5 Å². The Labute approximate surface area is 532 Å². The maximum atomic E-state index is 13.2. The predicted octanol–water partition coefficient (Wildman–Crippen LogP) is -15.3. The second kappa shape index (κ2) is 34.6. The second-order valence-electron chi connectivity index (χ2n) is 23.1. The van der Waals surface area contributed by atoms with E-state index in [4.69, 9.17) is 47.4 Å². The van der Waals surface area contributed by atoms with Crippen molar-refractivity contribution in [3.05, 3.63) is 0 Å². The molecule has 5 aliphatic heterocycles. The highest BCUT2D eigenvalue weighted by Gasteiger charge is 2.61. The lowest BCUT2D eigenvalue weighted by Crippen LogP contribution is -2.70. The van der Waals surface area contributed by atoms with Gasteiger partial charge in [0.2, 0.25) is 29.5 Å². The van der Waals surface area contributed by atoms with Crippen LogP contribution in [-0.4, -0.2) is 379 Å². The summed E-state index contributed by atoms with van der Waals surface area (Å²) in [4.78, 5) is 88.2. The van der Waals surface area contributed by atoms with Crippen LogP contribution in [0.3, 0.4) is 0 Å². The third-order valence-electron chi connectivity index (χ3n) is 16.0. The Morgan fingerprint density at radius 2 is 0.915 bits per heavy atom. The fourth-order valence-electron chi connectivity index (χ4n) is 11.3. The summed E-state index contributed by atoms with van der Waals surface area (Å²) in [6.07, 6.45) is -54.7. The summed E-state index contributed by atoms with van der Waals surface area (Å²) < 4.78 is 57.9. The molecule has 5 amide bonds. The summed E-state index contributed by atoms with van der Waals surface area (Å²) in [5.74, 6) is -15.0. The van der Waals surface area contributed by atoms with E-state index in [-0.39, 0.29) is 0 Å². The van der Waals surface area contributed by atoms with Crippen molar-refractivity contribution >= 4 is 41.5 Å². The molecule has 5 fully saturated rings. The number of carbonyl (C=O) groups is 7. The fourth-order valence-corrected chi connectivity index (χ4v) is 11.3. The molecule has 25 N–H and O–H groups in total. The van der Waals surface area contributed by atoms with E-state index in [1.54, 1.807) is 0 Å². The first kappa shape index (κ1) is 79.9. The van der Waals surface area contributed by atoms with Gasteiger partial charge in [0.15, 0.2) is 18.9 Å². The molecule has 0 unspecified atom stereocenters. The van der Waals surface area contributed by atoms with Crippen LogP contribution in [0, 0.1) is 0 Å². The van der Waals surface area contributed by atoms with Crippen LogP contribution < -0.4 is 26.6 Å². The maximum absolute atomic E-state index is 13.2. The Balaban J connectivity index is 1.52.